The summed E-state index contributed by atoms with van der Waals surface area (Å²) in [4.78, 5) is 35.8. The molecule has 0 fully saturated rings. The number of aromatic hydroxyl groups is 1. The molecule has 3 aromatic carbocycles. The van der Waals surface area contributed by atoms with Gasteiger partial charge in [-0.3, -0.25) is 0 Å². The molecule has 0 radical (unpaired) electrons. The fourth-order valence-electron chi connectivity index (χ4n) is 3.06. The van der Waals surface area contributed by atoms with Crippen LogP contribution in [0, 0.1) is 0 Å². The van der Waals surface area contributed by atoms with Crippen LogP contribution < -0.4 is 19.3 Å². The van der Waals surface area contributed by atoms with E-state index in [0.29, 0.717) is 17.9 Å². The molecule has 13 heteroatoms. The number of esters is 1. The van der Waals surface area contributed by atoms with E-state index in [2.05, 4.69) is 9.19 Å². The molecule has 4 N–H and O–H groups in total. The molecule has 39 heavy (non-hydrogen) atoms. The molecule has 3 aromatic rings. The van der Waals surface area contributed by atoms with E-state index in [-0.39, 0.29) is 33.4 Å². The van der Waals surface area contributed by atoms with Crippen molar-refractivity contribution >= 4 is 47.7 Å². The Bertz CT molecular complexity index is 1320. The van der Waals surface area contributed by atoms with E-state index in [4.69, 9.17) is 14.7 Å². The third-order valence-electron chi connectivity index (χ3n) is 4.93. The van der Waals surface area contributed by atoms with Gasteiger partial charge in [0.15, 0.2) is 0 Å². The average Bonchev–Trinajstić information content (AvgIpc) is 2.92. The number of phenolic OH excluding ortho intramolecular Hbond substituents is 1. The normalized spacial score (nSPS) is 11.7. The molecule has 2 amide bonds. The van der Waals surface area contributed by atoms with Crippen LogP contribution in [-0.2, 0) is 21.9 Å². The summed E-state index contributed by atoms with van der Waals surface area (Å²) in [5.74, 6) is -0.836. The number of likely N-dealkylation sites (N-methyl/N-ethyl adjacent to an activating group) is 1. The van der Waals surface area contributed by atoms with Gasteiger partial charge in [-0.25, -0.2) is 4.79 Å². The molecule has 0 heterocycles. The maximum absolute atomic E-state index is 12.5. The zero-order chi connectivity index (χ0) is 29.0. The molecule has 0 saturated carbocycles. The molecule has 1 unspecified atom stereocenters. The quantitative estimate of drug-likeness (QED) is 0.123. The standard InChI is InChI=1S/C17H19AsN2O8.C9H10O2/c1-11(21)19-12-3-8-15(18(24,25)28-26)16(9-12)20(2)17(23)10-27-14-6-4-13(22)5-7-14;1-2-11-9(10)8-6-4-3-5-7-8/h3-9,22,26H,10H2,1-2H3,(H,19,21)(H,24,25);3-7H,2H2,1H3. The van der Waals surface area contributed by atoms with E-state index in [1.165, 1.54) is 56.4 Å². The number of amides is 2. The van der Waals surface area contributed by atoms with Crippen molar-refractivity contribution in [2.45, 2.75) is 13.8 Å². The Balaban J connectivity index is 0.000000404. The number of hydrogen-bond acceptors (Lipinski definition) is 9. The first-order valence-electron chi connectivity index (χ1n) is 11.5. The Morgan fingerprint density at radius 2 is 1.64 bits per heavy atom. The summed E-state index contributed by atoms with van der Waals surface area (Å²) < 4.78 is 35.6. The first-order valence-corrected chi connectivity index (χ1v) is 14.8. The Hall–Kier alpha value is -4.09. The number of nitrogens with one attached hydrogen (secondary N) is 1. The molecule has 3 rings (SSSR count). The monoisotopic (exact) mass is 604 g/mol. The molecule has 0 bridgehead atoms. The molecule has 12 nitrogen and oxygen atoms in total. The SMILES string of the molecule is CC(=O)Nc1ccc([As](=O)(O)OO)c(N(C)C(=O)COc2ccc(O)cc2)c1.CCOC(=O)c1ccccc1. The van der Waals surface area contributed by atoms with E-state index in [0.717, 1.165) is 4.90 Å². The van der Waals surface area contributed by atoms with Crippen molar-refractivity contribution < 1.29 is 45.9 Å². The van der Waals surface area contributed by atoms with E-state index in [1.54, 1.807) is 19.1 Å². The zero-order valence-electron chi connectivity index (χ0n) is 21.4. The smallest absolute Gasteiger partial charge is 0.338 e. The van der Waals surface area contributed by atoms with Gasteiger partial charge in [-0.05, 0) is 19.1 Å². The molecule has 0 aliphatic rings. The minimum Gasteiger partial charge on any atom is -0.462 e. The topological polar surface area (TPSA) is 172 Å². The third kappa shape index (κ3) is 9.62. The van der Waals surface area contributed by atoms with Gasteiger partial charge in [0.1, 0.15) is 0 Å². The number of ether oxygens (including phenoxy) is 2. The van der Waals surface area contributed by atoms with Crippen LogP contribution in [0.2, 0.25) is 0 Å². The maximum atomic E-state index is 12.5. The number of anilines is 2. The molecule has 0 aliphatic carbocycles. The minimum absolute atomic E-state index is 0.0374. The predicted molar refractivity (Wildman–Crippen MR) is 142 cm³/mol. The molecule has 0 saturated heterocycles. The molecule has 0 aromatic heterocycles. The van der Waals surface area contributed by atoms with Crippen LogP contribution >= 0.6 is 0 Å². The predicted octanol–water partition coefficient (Wildman–Crippen LogP) is 2.31. The second-order valence-corrected chi connectivity index (χ2v) is 11.3. The zero-order valence-corrected chi connectivity index (χ0v) is 23.3. The number of hydrogen-bond donors (Lipinski definition) is 4. The van der Waals surface area contributed by atoms with E-state index >= 15 is 0 Å². The summed E-state index contributed by atoms with van der Waals surface area (Å²) in [5.41, 5.74) is 0.845. The minimum atomic E-state index is -5.31. The van der Waals surface area contributed by atoms with Gasteiger partial charge in [-0.1, -0.05) is 18.2 Å². The fraction of sp³-hybridized carbons (Fsp3) is 0.192. The van der Waals surface area contributed by atoms with Gasteiger partial charge in [0.05, 0.1) is 12.2 Å². The van der Waals surface area contributed by atoms with Crippen molar-refractivity contribution in [3.63, 3.8) is 0 Å². The summed E-state index contributed by atoms with van der Waals surface area (Å²) in [6.07, 6.45) is 0. The van der Waals surface area contributed by atoms with Crippen molar-refractivity contribution in [1.29, 1.82) is 0 Å². The van der Waals surface area contributed by atoms with Gasteiger partial charge in [0, 0.05) is 0 Å². The van der Waals surface area contributed by atoms with Gasteiger partial charge in [0.2, 0.25) is 0 Å². The molecule has 0 spiro atoms. The van der Waals surface area contributed by atoms with Crippen molar-refractivity contribution in [2.75, 3.05) is 30.5 Å². The number of phenols is 1. The van der Waals surface area contributed by atoms with Crippen LogP contribution in [0.1, 0.15) is 24.2 Å². The summed E-state index contributed by atoms with van der Waals surface area (Å²) in [7, 11) is 1.34. The van der Waals surface area contributed by atoms with Crippen molar-refractivity contribution in [1.82, 2.24) is 0 Å². The Labute approximate surface area is 227 Å². The van der Waals surface area contributed by atoms with Gasteiger partial charge in [0.25, 0.3) is 0 Å². The van der Waals surface area contributed by atoms with Crippen LogP contribution in [-0.4, -0.2) is 66.7 Å². The summed E-state index contributed by atoms with van der Waals surface area (Å²) in [6.45, 7) is 3.09. The van der Waals surface area contributed by atoms with Crippen LogP contribution in [0.5, 0.6) is 11.5 Å². The summed E-state index contributed by atoms with van der Waals surface area (Å²) in [5, 5.41) is 20.5. The molecule has 1 atom stereocenters. The first-order chi connectivity index (χ1) is 18.5. The van der Waals surface area contributed by atoms with Crippen molar-refractivity contribution in [3.8, 4) is 11.5 Å². The Morgan fingerprint density at radius 3 is 2.21 bits per heavy atom. The fourth-order valence-corrected chi connectivity index (χ4v) is 4.86. The molecule has 0 aliphatic heterocycles. The van der Waals surface area contributed by atoms with Gasteiger partial charge >= 0.3 is 169 Å². The van der Waals surface area contributed by atoms with Crippen molar-refractivity contribution in [3.05, 3.63) is 78.4 Å². The number of carbonyl (C=O) groups excluding carboxylic acids is 3. The van der Waals surface area contributed by atoms with Crippen LogP contribution in [0.15, 0.2) is 72.8 Å². The Kier molecular flexibility index (Phi) is 11.8. The maximum Gasteiger partial charge on any atom is 0.338 e. The Morgan fingerprint density at radius 1 is 1.00 bits per heavy atom. The van der Waals surface area contributed by atoms with Crippen LogP contribution in [0.25, 0.3) is 0 Å². The second-order valence-electron chi connectivity index (χ2n) is 7.81. The van der Waals surface area contributed by atoms with Crippen molar-refractivity contribution in [2.24, 2.45) is 0 Å². The van der Waals surface area contributed by atoms with E-state index in [9.17, 15) is 27.3 Å². The second kappa shape index (κ2) is 14.7. The number of nitrogens with zero attached hydrogens (tertiary/aromatic N) is 1. The number of rotatable bonds is 9. The third-order valence-corrected chi connectivity index (χ3v) is 7.47. The number of carbonyl (C=O) groups is 3. The van der Waals surface area contributed by atoms with Gasteiger partial charge in [-0.2, -0.15) is 0 Å². The first kappa shape index (κ1) is 31.1. The molecular formula is C26H29AsN2O10. The molecule has 208 valence electrons. The van der Waals surface area contributed by atoms with Gasteiger partial charge < -0.3 is 4.74 Å². The van der Waals surface area contributed by atoms with Crippen LogP contribution in [0.3, 0.4) is 0 Å². The van der Waals surface area contributed by atoms with Gasteiger partial charge in [-0.15, -0.1) is 0 Å². The van der Waals surface area contributed by atoms with Crippen LogP contribution in [0.4, 0.5) is 11.4 Å². The number of benzene rings is 3. The average molecular weight is 604 g/mol. The summed E-state index contributed by atoms with van der Waals surface area (Å²) in [6, 6.07) is 18.5. The van der Waals surface area contributed by atoms with E-state index in [1.807, 2.05) is 18.2 Å². The largest absolute Gasteiger partial charge is 0.462 e. The summed E-state index contributed by atoms with van der Waals surface area (Å²) >= 11 is -5.31. The molecular weight excluding hydrogens is 575 g/mol. The van der Waals surface area contributed by atoms with E-state index < -0.39 is 26.7 Å².